The third-order valence-electron chi connectivity index (χ3n) is 6.80. The predicted octanol–water partition coefficient (Wildman–Crippen LogP) is 2.86. The van der Waals surface area contributed by atoms with Crippen molar-refractivity contribution in [3.8, 4) is 5.75 Å². The van der Waals surface area contributed by atoms with Crippen molar-refractivity contribution in [2.24, 2.45) is 0 Å². The maximum Gasteiger partial charge on any atom is 0.204 e. The molecule has 4 aromatic rings. The fourth-order valence-corrected chi connectivity index (χ4v) is 4.72. The first-order valence-corrected chi connectivity index (χ1v) is 13.1. The number of nitrogens with one attached hydrogen (secondary N) is 2. The van der Waals surface area contributed by atoms with Gasteiger partial charge in [0.2, 0.25) is 5.95 Å². The predicted molar refractivity (Wildman–Crippen MR) is 147 cm³/mol. The van der Waals surface area contributed by atoms with E-state index in [2.05, 4.69) is 42.2 Å². The van der Waals surface area contributed by atoms with Crippen molar-refractivity contribution in [3.63, 3.8) is 0 Å². The van der Waals surface area contributed by atoms with Crippen LogP contribution in [0.1, 0.15) is 23.2 Å². The number of benzene rings is 1. The monoisotopic (exact) mass is 517 g/mol. The van der Waals surface area contributed by atoms with Gasteiger partial charge in [0.15, 0.2) is 0 Å². The first-order chi connectivity index (χ1) is 18.7. The molecule has 38 heavy (non-hydrogen) atoms. The molecule has 0 bridgehead atoms. The Balaban J connectivity index is 1.35. The molecule has 5 rings (SSSR count). The van der Waals surface area contributed by atoms with Crippen LogP contribution in [-0.2, 0) is 24.2 Å². The minimum absolute atomic E-state index is 0.0897. The van der Waals surface area contributed by atoms with Gasteiger partial charge in [0.25, 0.3) is 0 Å². The van der Waals surface area contributed by atoms with Gasteiger partial charge in [-0.2, -0.15) is 0 Å². The molecule has 0 radical (unpaired) electrons. The van der Waals surface area contributed by atoms with E-state index < -0.39 is 0 Å². The molecule has 0 spiro atoms. The normalized spacial score (nSPS) is 14.1. The number of hydrogen-bond donors (Lipinski definition) is 4. The second-order valence-corrected chi connectivity index (χ2v) is 9.41. The zero-order chi connectivity index (χ0) is 26.2. The number of ether oxygens (including phenoxy) is 1. The van der Waals surface area contributed by atoms with E-state index in [0.29, 0.717) is 25.2 Å². The highest BCUT2D eigenvalue weighted by Gasteiger charge is 2.15. The molecule has 4 N–H and O–H groups in total. The van der Waals surface area contributed by atoms with Gasteiger partial charge in [-0.05, 0) is 60.8 Å². The molecule has 200 valence electrons. The van der Waals surface area contributed by atoms with Gasteiger partial charge in [-0.15, -0.1) is 0 Å². The van der Waals surface area contributed by atoms with E-state index in [-0.39, 0.29) is 12.4 Å². The fourth-order valence-electron chi connectivity index (χ4n) is 4.72. The van der Waals surface area contributed by atoms with Crippen LogP contribution in [0.15, 0.2) is 55.0 Å². The summed E-state index contributed by atoms with van der Waals surface area (Å²) >= 11 is 0. The van der Waals surface area contributed by atoms with E-state index in [1.165, 1.54) is 0 Å². The van der Waals surface area contributed by atoms with Crippen LogP contribution < -0.4 is 10.6 Å². The smallest absolute Gasteiger partial charge is 0.204 e. The topological polar surface area (TPSA) is 121 Å². The van der Waals surface area contributed by atoms with Crippen LogP contribution in [0.2, 0.25) is 0 Å². The molecule has 0 saturated carbocycles. The molecule has 0 unspecified atom stereocenters. The van der Waals surface area contributed by atoms with Gasteiger partial charge in [-0.3, -0.25) is 14.9 Å². The quantitative estimate of drug-likeness (QED) is 0.210. The van der Waals surface area contributed by atoms with Gasteiger partial charge in [-0.25, -0.2) is 4.98 Å². The minimum atomic E-state index is 0.0897. The maximum atomic E-state index is 10.4. The lowest BCUT2D eigenvalue weighted by Gasteiger charge is -2.26. The highest BCUT2D eigenvalue weighted by molar-refractivity contribution is 5.80. The average molecular weight is 518 g/mol. The third kappa shape index (κ3) is 6.39. The van der Waals surface area contributed by atoms with E-state index in [9.17, 15) is 10.2 Å². The Morgan fingerprint density at radius 1 is 1.05 bits per heavy atom. The second kappa shape index (κ2) is 12.7. The van der Waals surface area contributed by atoms with Crippen LogP contribution in [0.3, 0.4) is 0 Å². The number of aliphatic hydroxyl groups is 1. The SMILES string of the molecule is OCCc1ccncc1NCc1ccc2nc(NCCCN3CCOCC3)n(Cc3ncccc3O)c2c1. The largest absolute Gasteiger partial charge is 0.506 e. The lowest BCUT2D eigenvalue weighted by Crippen LogP contribution is -2.37. The van der Waals surface area contributed by atoms with Crippen LogP contribution in [0.25, 0.3) is 11.0 Å². The lowest BCUT2D eigenvalue weighted by atomic mass is 10.1. The number of aromatic nitrogens is 4. The highest BCUT2D eigenvalue weighted by Crippen LogP contribution is 2.25. The molecule has 3 aromatic heterocycles. The van der Waals surface area contributed by atoms with Crippen LogP contribution in [-0.4, -0.2) is 80.6 Å². The minimum Gasteiger partial charge on any atom is -0.506 e. The molecule has 4 heterocycles. The van der Waals surface area contributed by atoms with Gasteiger partial charge in [0.1, 0.15) is 11.4 Å². The molecule has 1 fully saturated rings. The van der Waals surface area contributed by atoms with E-state index in [1.54, 1.807) is 30.7 Å². The Kier molecular flexibility index (Phi) is 8.64. The third-order valence-corrected chi connectivity index (χ3v) is 6.80. The Morgan fingerprint density at radius 2 is 1.95 bits per heavy atom. The lowest BCUT2D eigenvalue weighted by molar-refractivity contribution is 0.0378. The number of nitrogens with zero attached hydrogens (tertiary/aromatic N) is 5. The number of anilines is 2. The maximum absolute atomic E-state index is 10.4. The molecule has 0 aliphatic carbocycles. The van der Waals surface area contributed by atoms with Gasteiger partial charge in [-0.1, -0.05) is 6.07 Å². The summed E-state index contributed by atoms with van der Waals surface area (Å²) in [5.74, 6) is 0.924. The Bertz CT molecular complexity index is 1340. The molecule has 1 aliphatic rings. The van der Waals surface area contributed by atoms with Crippen LogP contribution in [0, 0.1) is 0 Å². The first-order valence-electron chi connectivity index (χ1n) is 13.1. The highest BCUT2D eigenvalue weighted by atomic mass is 16.5. The average Bonchev–Trinajstić information content (AvgIpc) is 3.29. The fraction of sp³-hybridized carbons (Fsp3) is 0.393. The second-order valence-electron chi connectivity index (χ2n) is 9.41. The number of imidazole rings is 1. The summed E-state index contributed by atoms with van der Waals surface area (Å²) < 4.78 is 7.53. The molecule has 1 aliphatic heterocycles. The Morgan fingerprint density at radius 3 is 2.79 bits per heavy atom. The molecule has 1 saturated heterocycles. The van der Waals surface area contributed by atoms with Crippen LogP contribution in [0.5, 0.6) is 5.75 Å². The van der Waals surface area contributed by atoms with Crippen molar-refractivity contribution in [1.29, 1.82) is 0 Å². The molecular weight excluding hydrogens is 482 g/mol. The van der Waals surface area contributed by atoms with Gasteiger partial charge in [0.05, 0.1) is 42.7 Å². The summed E-state index contributed by atoms with van der Waals surface area (Å²) in [5.41, 5.74) is 5.46. The van der Waals surface area contributed by atoms with Gasteiger partial charge >= 0.3 is 0 Å². The molecule has 1 aromatic carbocycles. The van der Waals surface area contributed by atoms with Crippen LogP contribution in [0.4, 0.5) is 11.6 Å². The van der Waals surface area contributed by atoms with Crippen molar-refractivity contribution in [2.75, 3.05) is 56.6 Å². The number of aromatic hydroxyl groups is 1. The van der Waals surface area contributed by atoms with Gasteiger partial charge < -0.3 is 30.2 Å². The molecule has 10 nitrogen and oxygen atoms in total. The van der Waals surface area contributed by atoms with Crippen molar-refractivity contribution in [1.82, 2.24) is 24.4 Å². The number of rotatable bonds is 12. The van der Waals surface area contributed by atoms with Crippen molar-refractivity contribution in [3.05, 3.63) is 71.8 Å². The molecular formula is C28H35N7O3. The van der Waals surface area contributed by atoms with Crippen LogP contribution >= 0.6 is 0 Å². The standard InChI is InChI=1S/C28H35N7O3/c36-14-7-22-6-10-29-19-24(22)32-18-21-4-5-23-26(17-21)35(20-25-27(37)3-1-8-30-25)28(33-23)31-9-2-11-34-12-15-38-16-13-34/h1,3-6,8,10,17,19,32,36-37H,2,7,9,11-16,18,20H2,(H,31,33). The summed E-state index contributed by atoms with van der Waals surface area (Å²) in [5, 5.41) is 26.7. The Labute approximate surface area is 222 Å². The van der Waals surface area contributed by atoms with Gasteiger partial charge in [0, 0.05) is 45.2 Å². The summed E-state index contributed by atoms with van der Waals surface area (Å²) in [6.07, 6.45) is 6.79. The first kappa shape index (κ1) is 25.9. The van der Waals surface area contributed by atoms with Crippen molar-refractivity contribution >= 4 is 22.7 Å². The summed E-state index contributed by atoms with van der Waals surface area (Å²) in [7, 11) is 0. The van der Waals surface area contributed by atoms with E-state index >= 15 is 0 Å². The van der Waals surface area contributed by atoms with E-state index in [4.69, 9.17) is 9.72 Å². The zero-order valence-electron chi connectivity index (χ0n) is 21.5. The summed E-state index contributed by atoms with van der Waals surface area (Å²) in [6, 6.07) is 11.5. The number of hydrogen-bond acceptors (Lipinski definition) is 9. The number of fused-ring (bicyclic) bond motifs is 1. The number of aliphatic hydroxyl groups excluding tert-OH is 1. The molecule has 0 amide bonds. The Hall–Kier alpha value is -3.73. The van der Waals surface area contributed by atoms with E-state index in [0.717, 1.165) is 79.6 Å². The summed E-state index contributed by atoms with van der Waals surface area (Å²) in [4.78, 5) is 15.9. The van der Waals surface area contributed by atoms with Crippen molar-refractivity contribution in [2.45, 2.75) is 25.9 Å². The molecule has 10 heteroatoms. The summed E-state index contributed by atoms with van der Waals surface area (Å²) in [6.45, 7) is 6.46. The van der Waals surface area contributed by atoms with Crippen molar-refractivity contribution < 1.29 is 14.9 Å². The zero-order valence-corrected chi connectivity index (χ0v) is 21.5. The van der Waals surface area contributed by atoms with E-state index in [1.807, 2.05) is 12.1 Å². The molecule has 0 atom stereocenters. The number of pyridine rings is 2. The number of morpholine rings is 1.